The van der Waals surface area contributed by atoms with Crippen LogP contribution in [0, 0.1) is 0 Å². The van der Waals surface area contributed by atoms with Gasteiger partial charge >= 0.3 is 0 Å². The van der Waals surface area contributed by atoms with Crippen LogP contribution in [0.4, 0.5) is 5.69 Å². The zero-order chi connectivity index (χ0) is 19.9. The Kier molecular flexibility index (Phi) is 6.76. The summed E-state index contributed by atoms with van der Waals surface area (Å²) in [5.74, 6) is 1.86. The van der Waals surface area contributed by atoms with Crippen LogP contribution in [-0.2, 0) is 11.3 Å². The van der Waals surface area contributed by atoms with Gasteiger partial charge in [0.15, 0.2) is 0 Å². The highest BCUT2D eigenvalue weighted by Gasteiger charge is 2.22. The number of nitrogens with zero attached hydrogens (tertiary/aromatic N) is 3. The van der Waals surface area contributed by atoms with Crippen LogP contribution in [0.5, 0.6) is 11.5 Å². The lowest BCUT2D eigenvalue weighted by atomic mass is 10.2. The summed E-state index contributed by atoms with van der Waals surface area (Å²) in [4.78, 5) is 18.9. The Hall–Kier alpha value is -2.73. The highest BCUT2D eigenvalue weighted by molar-refractivity contribution is 5.78. The summed E-state index contributed by atoms with van der Waals surface area (Å²) in [5.41, 5.74) is 2.21. The van der Waals surface area contributed by atoms with Gasteiger partial charge < -0.3 is 19.3 Å². The number of carbonyl (C=O) groups excluding carboxylic acids is 1. The number of piperazine rings is 1. The van der Waals surface area contributed by atoms with Gasteiger partial charge in [0.05, 0.1) is 26.5 Å². The molecule has 0 aliphatic carbocycles. The van der Waals surface area contributed by atoms with Crippen LogP contribution < -0.4 is 14.4 Å². The average molecular weight is 383 g/mol. The van der Waals surface area contributed by atoms with Gasteiger partial charge in [-0.2, -0.15) is 0 Å². The average Bonchev–Trinajstić information content (AvgIpc) is 2.74. The van der Waals surface area contributed by atoms with Crippen molar-refractivity contribution < 1.29 is 14.3 Å². The molecule has 6 heteroatoms. The fourth-order valence-electron chi connectivity index (χ4n) is 3.44. The van der Waals surface area contributed by atoms with E-state index in [9.17, 15) is 4.79 Å². The Morgan fingerprint density at radius 1 is 0.964 bits per heavy atom. The number of rotatable bonds is 7. The lowest BCUT2D eigenvalue weighted by Gasteiger charge is -2.36. The van der Waals surface area contributed by atoms with Gasteiger partial charge in [-0.05, 0) is 29.8 Å². The number of para-hydroxylation sites is 2. The molecule has 0 bridgehead atoms. The monoisotopic (exact) mass is 383 g/mol. The van der Waals surface area contributed by atoms with Crippen molar-refractivity contribution in [2.24, 2.45) is 0 Å². The fourth-order valence-corrected chi connectivity index (χ4v) is 3.44. The van der Waals surface area contributed by atoms with Crippen molar-refractivity contribution in [1.29, 1.82) is 0 Å². The van der Waals surface area contributed by atoms with Crippen LogP contribution in [0.15, 0.2) is 48.5 Å². The molecule has 1 fully saturated rings. The summed E-state index contributed by atoms with van der Waals surface area (Å²) in [6.45, 7) is 4.54. The molecule has 0 aromatic heterocycles. The summed E-state index contributed by atoms with van der Waals surface area (Å²) in [7, 11) is 5.21. The first-order valence-corrected chi connectivity index (χ1v) is 9.58. The fraction of sp³-hybridized carbons (Fsp3) is 0.409. The molecule has 1 amide bonds. The number of hydrogen-bond donors (Lipinski definition) is 0. The van der Waals surface area contributed by atoms with E-state index in [1.165, 1.54) is 0 Å². The summed E-state index contributed by atoms with van der Waals surface area (Å²) >= 11 is 0. The van der Waals surface area contributed by atoms with Gasteiger partial charge in [0.1, 0.15) is 11.5 Å². The van der Waals surface area contributed by atoms with E-state index in [4.69, 9.17) is 9.47 Å². The minimum atomic E-state index is 0.140. The maximum absolute atomic E-state index is 12.6. The Labute approximate surface area is 167 Å². The van der Waals surface area contributed by atoms with Crippen molar-refractivity contribution in [3.8, 4) is 11.5 Å². The first kappa shape index (κ1) is 20.0. The van der Waals surface area contributed by atoms with Crippen molar-refractivity contribution in [2.75, 3.05) is 58.9 Å². The van der Waals surface area contributed by atoms with Crippen LogP contribution in [0.2, 0.25) is 0 Å². The van der Waals surface area contributed by atoms with Crippen molar-refractivity contribution >= 4 is 11.6 Å². The van der Waals surface area contributed by atoms with Crippen molar-refractivity contribution in [1.82, 2.24) is 9.80 Å². The van der Waals surface area contributed by atoms with Crippen molar-refractivity contribution in [2.45, 2.75) is 6.54 Å². The number of amides is 1. The predicted molar refractivity (Wildman–Crippen MR) is 111 cm³/mol. The predicted octanol–water partition coefficient (Wildman–Crippen LogP) is 2.48. The summed E-state index contributed by atoms with van der Waals surface area (Å²) in [6.07, 6.45) is 0. The van der Waals surface area contributed by atoms with Gasteiger partial charge in [0.2, 0.25) is 5.91 Å². The number of methoxy groups -OCH3 is 2. The second-order valence-electron chi connectivity index (χ2n) is 7.03. The number of ether oxygens (including phenoxy) is 2. The highest BCUT2D eigenvalue weighted by atomic mass is 16.5. The molecule has 3 rings (SSSR count). The van der Waals surface area contributed by atoms with Gasteiger partial charge in [0, 0.05) is 39.8 Å². The zero-order valence-electron chi connectivity index (χ0n) is 16.9. The molecule has 0 unspecified atom stereocenters. The van der Waals surface area contributed by atoms with E-state index >= 15 is 0 Å². The first-order valence-electron chi connectivity index (χ1n) is 9.58. The standard InChI is InChI=1S/C22H29N3O3/c1-23(16-18-8-10-19(27-2)11-9-18)22(26)17-24-12-14-25(15-13-24)20-6-4-5-7-21(20)28-3/h4-11H,12-17H2,1-3H3. The van der Waals surface area contributed by atoms with E-state index in [1.54, 1.807) is 19.1 Å². The summed E-state index contributed by atoms with van der Waals surface area (Å²) in [6, 6.07) is 15.9. The molecule has 150 valence electrons. The molecule has 28 heavy (non-hydrogen) atoms. The summed E-state index contributed by atoms with van der Waals surface area (Å²) < 4.78 is 10.6. The molecule has 2 aromatic rings. The van der Waals surface area contributed by atoms with E-state index in [2.05, 4.69) is 15.9 Å². The Bertz CT molecular complexity index is 771. The Balaban J connectivity index is 1.48. The normalized spacial score (nSPS) is 14.6. The van der Waals surface area contributed by atoms with Gasteiger partial charge in [-0.25, -0.2) is 0 Å². The molecule has 2 aromatic carbocycles. The number of carbonyl (C=O) groups is 1. The van der Waals surface area contributed by atoms with E-state index in [-0.39, 0.29) is 5.91 Å². The zero-order valence-corrected chi connectivity index (χ0v) is 16.9. The van der Waals surface area contributed by atoms with Gasteiger partial charge in [-0.15, -0.1) is 0 Å². The van der Waals surface area contributed by atoms with Crippen LogP contribution >= 0.6 is 0 Å². The quantitative estimate of drug-likeness (QED) is 0.735. The van der Waals surface area contributed by atoms with E-state index in [0.29, 0.717) is 13.1 Å². The molecular weight excluding hydrogens is 354 g/mol. The van der Waals surface area contributed by atoms with E-state index < -0.39 is 0 Å². The molecule has 1 aliphatic rings. The topological polar surface area (TPSA) is 45.2 Å². The van der Waals surface area contributed by atoms with Gasteiger partial charge in [0.25, 0.3) is 0 Å². The first-order chi connectivity index (χ1) is 13.6. The molecule has 6 nitrogen and oxygen atoms in total. The largest absolute Gasteiger partial charge is 0.497 e. The van der Waals surface area contributed by atoms with Crippen LogP contribution in [-0.4, -0.2) is 69.7 Å². The van der Waals surface area contributed by atoms with Crippen LogP contribution in [0.1, 0.15) is 5.56 Å². The lowest BCUT2D eigenvalue weighted by Crippen LogP contribution is -2.49. The second kappa shape index (κ2) is 9.46. The molecule has 1 heterocycles. The maximum atomic E-state index is 12.6. The Morgan fingerprint density at radius 2 is 1.64 bits per heavy atom. The summed E-state index contributed by atoms with van der Waals surface area (Å²) in [5, 5.41) is 0. The van der Waals surface area contributed by atoms with E-state index in [1.807, 2.05) is 49.5 Å². The molecule has 1 aliphatic heterocycles. The highest BCUT2D eigenvalue weighted by Crippen LogP contribution is 2.28. The molecule has 0 radical (unpaired) electrons. The molecular formula is C22H29N3O3. The molecule has 0 spiro atoms. The number of hydrogen-bond acceptors (Lipinski definition) is 5. The van der Waals surface area contributed by atoms with Crippen LogP contribution in [0.25, 0.3) is 0 Å². The minimum absolute atomic E-state index is 0.140. The van der Waals surface area contributed by atoms with Crippen LogP contribution in [0.3, 0.4) is 0 Å². The SMILES string of the molecule is COc1ccc(CN(C)C(=O)CN2CCN(c3ccccc3OC)CC2)cc1. The molecule has 0 N–H and O–H groups in total. The smallest absolute Gasteiger partial charge is 0.236 e. The van der Waals surface area contributed by atoms with Gasteiger partial charge in [-0.1, -0.05) is 24.3 Å². The number of likely N-dealkylation sites (N-methyl/N-ethyl adjacent to an activating group) is 1. The third-order valence-corrected chi connectivity index (χ3v) is 5.16. The number of anilines is 1. The third-order valence-electron chi connectivity index (χ3n) is 5.16. The molecule has 0 atom stereocenters. The third kappa shape index (κ3) is 4.95. The second-order valence-corrected chi connectivity index (χ2v) is 7.03. The lowest BCUT2D eigenvalue weighted by molar-refractivity contribution is -0.131. The molecule has 0 saturated carbocycles. The molecule has 1 saturated heterocycles. The van der Waals surface area contributed by atoms with Crippen molar-refractivity contribution in [3.63, 3.8) is 0 Å². The Morgan fingerprint density at radius 3 is 2.29 bits per heavy atom. The minimum Gasteiger partial charge on any atom is -0.497 e. The van der Waals surface area contributed by atoms with Crippen molar-refractivity contribution in [3.05, 3.63) is 54.1 Å². The van der Waals surface area contributed by atoms with E-state index in [0.717, 1.165) is 48.9 Å². The van der Waals surface area contributed by atoms with Gasteiger partial charge in [-0.3, -0.25) is 9.69 Å². The maximum Gasteiger partial charge on any atom is 0.236 e. The number of benzene rings is 2.